The molecule has 2 heterocycles. The van der Waals surface area contributed by atoms with Gasteiger partial charge in [0.25, 0.3) is 0 Å². The number of likely N-dealkylation sites (tertiary alicyclic amines) is 1. The van der Waals surface area contributed by atoms with E-state index in [4.69, 9.17) is 4.74 Å². The SMILES string of the molecule is COc1ccc(CC(=O)NCC2CCCN(C(=O)Cc3[nH]nc4ccccc34)C2)cc1. The van der Waals surface area contributed by atoms with Crippen molar-refractivity contribution in [2.75, 3.05) is 26.7 Å². The van der Waals surface area contributed by atoms with Crippen molar-refractivity contribution in [2.45, 2.75) is 25.7 Å². The van der Waals surface area contributed by atoms with Crippen molar-refractivity contribution in [3.63, 3.8) is 0 Å². The Morgan fingerprint density at radius 1 is 1.16 bits per heavy atom. The molecule has 1 saturated heterocycles. The number of piperidine rings is 1. The van der Waals surface area contributed by atoms with Crippen LogP contribution < -0.4 is 10.1 Å². The molecular formula is C24H28N4O3. The number of H-pyrrole nitrogens is 1. The Labute approximate surface area is 181 Å². The third-order valence-electron chi connectivity index (χ3n) is 5.85. The van der Waals surface area contributed by atoms with Gasteiger partial charge in [0.2, 0.25) is 11.8 Å². The molecule has 0 aliphatic carbocycles. The molecule has 0 spiro atoms. The molecule has 0 radical (unpaired) electrons. The van der Waals surface area contributed by atoms with Crippen molar-refractivity contribution in [2.24, 2.45) is 5.92 Å². The first-order valence-electron chi connectivity index (χ1n) is 10.7. The summed E-state index contributed by atoms with van der Waals surface area (Å²) in [5.74, 6) is 1.15. The predicted molar refractivity (Wildman–Crippen MR) is 119 cm³/mol. The summed E-state index contributed by atoms with van der Waals surface area (Å²) in [4.78, 5) is 27.1. The fraction of sp³-hybridized carbons (Fsp3) is 0.375. The minimum absolute atomic E-state index is 0.00227. The molecule has 0 bridgehead atoms. The number of nitrogens with zero attached hydrogens (tertiary/aromatic N) is 2. The van der Waals surface area contributed by atoms with E-state index in [1.54, 1.807) is 7.11 Å². The highest BCUT2D eigenvalue weighted by atomic mass is 16.5. The zero-order valence-electron chi connectivity index (χ0n) is 17.8. The number of methoxy groups -OCH3 is 1. The van der Waals surface area contributed by atoms with Crippen molar-refractivity contribution in [3.05, 3.63) is 59.8 Å². The quantitative estimate of drug-likeness (QED) is 0.615. The molecule has 1 aliphatic rings. The van der Waals surface area contributed by atoms with Crippen LogP contribution in [0.5, 0.6) is 5.75 Å². The van der Waals surface area contributed by atoms with Crippen molar-refractivity contribution in [1.82, 2.24) is 20.4 Å². The highest BCUT2D eigenvalue weighted by molar-refractivity contribution is 5.87. The molecule has 7 heteroatoms. The lowest BCUT2D eigenvalue weighted by molar-refractivity contribution is -0.132. The third kappa shape index (κ3) is 5.23. The smallest absolute Gasteiger partial charge is 0.228 e. The van der Waals surface area contributed by atoms with E-state index in [9.17, 15) is 9.59 Å². The van der Waals surface area contributed by atoms with E-state index in [0.717, 1.165) is 47.3 Å². The van der Waals surface area contributed by atoms with E-state index in [1.807, 2.05) is 53.4 Å². The Hall–Kier alpha value is -3.35. The number of carbonyl (C=O) groups excluding carboxylic acids is 2. The van der Waals surface area contributed by atoms with E-state index < -0.39 is 0 Å². The summed E-state index contributed by atoms with van der Waals surface area (Å²) in [5, 5.41) is 11.3. The van der Waals surface area contributed by atoms with Crippen LogP contribution in [0, 0.1) is 5.92 Å². The van der Waals surface area contributed by atoms with Gasteiger partial charge in [-0.25, -0.2) is 0 Å². The molecule has 162 valence electrons. The van der Waals surface area contributed by atoms with Crippen molar-refractivity contribution < 1.29 is 14.3 Å². The Bertz CT molecular complexity index is 1040. The molecule has 7 nitrogen and oxygen atoms in total. The molecule has 3 aromatic rings. The van der Waals surface area contributed by atoms with Gasteiger partial charge < -0.3 is 15.0 Å². The number of fused-ring (bicyclic) bond motifs is 1. The largest absolute Gasteiger partial charge is 0.497 e. The number of carbonyl (C=O) groups is 2. The van der Waals surface area contributed by atoms with Gasteiger partial charge in [0.1, 0.15) is 5.75 Å². The summed E-state index contributed by atoms with van der Waals surface area (Å²) >= 11 is 0. The zero-order chi connectivity index (χ0) is 21.6. The van der Waals surface area contributed by atoms with Crippen LogP contribution in [-0.2, 0) is 22.4 Å². The maximum absolute atomic E-state index is 12.9. The van der Waals surface area contributed by atoms with Gasteiger partial charge in [0, 0.05) is 25.0 Å². The van der Waals surface area contributed by atoms with Crippen molar-refractivity contribution >= 4 is 22.7 Å². The van der Waals surface area contributed by atoms with Gasteiger partial charge in [-0.1, -0.05) is 30.3 Å². The first-order chi connectivity index (χ1) is 15.1. The summed E-state index contributed by atoms with van der Waals surface area (Å²) in [6.45, 7) is 2.03. The highest BCUT2D eigenvalue weighted by Crippen LogP contribution is 2.20. The normalized spacial score (nSPS) is 16.3. The number of aromatic amines is 1. The van der Waals surface area contributed by atoms with E-state index in [-0.39, 0.29) is 17.7 Å². The summed E-state index contributed by atoms with van der Waals surface area (Å²) < 4.78 is 5.15. The fourth-order valence-corrected chi connectivity index (χ4v) is 4.12. The molecule has 4 rings (SSSR count). The van der Waals surface area contributed by atoms with E-state index in [0.29, 0.717) is 25.9 Å². The molecule has 1 aliphatic heterocycles. The Morgan fingerprint density at radius 3 is 2.77 bits per heavy atom. The number of hydrogen-bond acceptors (Lipinski definition) is 4. The highest BCUT2D eigenvalue weighted by Gasteiger charge is 2.25. The number of benzene rings is 2. The summed E-state index contributed by atoms with van der Waals surface area (Å²) in [6.07, 6.45) is 2.62. The van der Waals surface area contributed by atoms with Crippen molar-refractivity contribution in [1.29, 1.82) is 0 Å². The van der Waals surface area contributed by atoms with Crippen LogP contribution >= 0.6 is 0 Å². The van der Waals surface area contributed by atoms with Crippen LogP contribution in [-0.4, -0.2) is 53.7 Å². The van der Waals surface area contributed by atoms with E-state index >= 15 is 0 Å². The lowest BCUT2D eigenvalue weighted by Gasteiger charge is -2.33. The van der Waals surface area contributed by atoms with Crippen LogP contribution in [0.25, 0.3) is 10.9 Å². The third-order valence-corrected chi connectivity index (χ3v) is 5.85. The second-order valence-electron chi connectivity index (χ2n) is 8.07. The van der Waals surface area contributed by atoms with Crippen LogP contribution in [0.4, 0.5) is 0 Å². The number of para-hydroxylation sites is 1. The molecule has 1 fully saturated rings. The van der Waals surface area contributed by atoms with Crippen LogP contribution in [0.3, 0.4) is 0 Å². The summed E-state index contributed by atoms with van der Waals surface area (Å²) in [7, 11) is 1.62. The summed E-state index contributed by atoms with van der Waals surface area (Å²) in [6, 6.07) is 15.3. The molecule has 1 atom stereocenters. The van der Waals surface area contributed by atoms with Gasteiger partial charge in [-0.3, -0.25) is 14.7 Å². The Balaban J connectivity index is 1.26. The van der Waals surface area contributed by atoms with E-state index in [2.05, 4.69) is 15.5 Å². The molecule has 1 aromatic heterocycles. The van der Waals surface area contributed by atoms with Gasteiger partial charge in [0.15, 0.2) is 0 Å². The minimum Gasteiger partial charge on any atom is -0.497 e. The Morgan fingerprint density at radius 2 is 1.97 bits per heavy atom. The monoisotopic (exact) mass is 420 g/mol. The lowest BCUT2D eigenvalue weighted by Crippen LogP contribution is -2.44. The molecule has 2 amide bonds. The second-order valence-corrected chi connectivity index (χ2v) is 8.07. The molecular weight excluding hydrogens is 392 g/mol. The number of ether oxygens (including phenoxy) is 1. The van der Waals surface area contributed by atoms with Crippen LogP contribution in [0.15, 0.2) is 48.5 Å². The maximum Gasteiger partial charge on any atom is 0.228 e. The molecule has 0 saturated carbocycles. The predicted octanol–water partition coefficient (Wildman–Crippen LogP) is 2.71. The number of amides is 2. The lowest BCUT2D eigenvalue weighted by atomic mass is 9.97. The second kappa shape index (κ2) is 9.64. The molecule has 2 N–H and O–H groups in total. The minimum atomic E-state index is -0.00227. The average molecular weight is 421 g/mol. The zero-order valence-corrected chi connectivity index (χ0v) is 17.8. The van der Waals surface area contributed by atoms with Gasteiger partial charge in [-0.2, -0.15) is 5.10 Å². The topological polar surface area (TPSA) is 87.3 Å². The van der Waals surface area contributed by atoms with Gasteiger partial charge >= 0.3 is 0 Å². The standard InChI is InChI=1S/C24H28N4O3/c1-31-19-10-8-17(9-11-19)13-23(29)25-15-18-5-4-12-28(16-18)24(30)14-22-20-6-2-3-7-21(20)26-27-22/h2-3,6-11,18H,4-5,12-16H2,1H3,(H,25,29)(H,26,27). The maximum atomic E-state index is 12.9. The average Bonchev–Trinajstić information content (AvgIpc) is 3.21. The van der Waals surface area contributed by atoms with Crippen LogP contribution in [0.1, 0.15) is 24.1 Å². The fourth-order valence-electron chi connectivity index (χ4n) is 4.12. The van der Waals surface area contributed by atoms with Gasteiger partial charge in [0.05, 0.1) is 31.2 Å². The number of aromatic nitrogens is 2. The van der Waals surface area contributed by atoms with Gasteiger partial charge in [-0.15, -0.1) is 0 Å². The molecule has 31 heavy (non-hydrogen) atoms. The number of rotatable bonds is 7. The molecule has 1 unspecified atom stereocenters. The summed E-state index contributed by atoms with van der Waals surface area (Å²) in [5.41, 5.74) is 2.68. The number of nitrogens with one attached hydrogen (secondary N) is 2. The first-order valence-corrected chi connectivity index (χ1v) is 10.7. The Kier molecular flexibility index (Phi) is 6.50. The van der Waals surface area contributed by atoms with Crippen molar-refractivity contribution in [3.8, 4) is 5.75 Å². The van der Waals surface area contributed by atoms with E-state index in [1.165, 1.54) is 0 Å². The molecule has 2 aromatic carbocycles. The number of hydrogen-bond donors (Lipinski definition) is 2. The first kappa shape index (κ1) is 20.9. The van der Waals surface area contributed by atoms with Gasteiger partial charge in [-0.05, 0) is 42.5 Å². The van der Waals surface area contributed by atoms with Crippen LogP contribution in [0.2, 0.25) is 0 Å².